The number of aliphatic hydroxyl groups is 1. The highest BCUT2D eigenvalue weighted by molar-refractivity contribution is 5.85. The smallest absolute Gasteiger partial charge is 0.237 e. The fraction of sp³-hybridized carbons (Fsp3) is 0.364. The normalized spacial score (nSPS) is 11.4. The van der Waals surface area contributed by atoms with E-state index in [9.17, 15) is 4.79 Å². The summed E-state index contributed by atoms with van der Waals surface area (Å²) in [6.45, 7) is 0.186. The molecule has 1 amide bonds. The van der Waals surface area contributed by atoms with Crippen LogP contribution in [0.2, 0.25) is 0 Å². The Labute approximate surface area is 101 Å². The molecule has 0 aliphatic rings. The van der Waals surface area contributed by atoms with Crippen LogP contribution in [0.25, 0.3) is 0 Å². The van der Waals surface area contributed by atoms with Gasteiger partial charge in [-0.2, -0.15) is 0 Å². The Kier molecular flexibility index (Phi) is 7.54. The maximum absolute atomic E-state index is 11.4. The first-order chi connectivity index (χ1) is 7.24. The van der Waals surface area contributed by atoms with E-state index in [-0.39, 0.29) is 31.5 Å². The van der Waals surface area contributed by atoms with Crippen LogP contribution in [0, 0.1) is 0 Å². The van der Waals surface area contributed by atoms with Crippen molar-refractivity contribution in [1.82, 2.24) is 5.32 Å². The number of carbonyl (C=O) groups is 1. The molecule has 0 bridgehead atoms. The van der Waals surface area contributed by atoms with E-state index in [1.807, 2.05) is 30.3 Å². The summed E-state index contributed by atoms with van der Waals surface area (Å²) in [5, 5.41) is 11.1. The van der Waals surface area contributed by atoms with E-state index in [1.165, 1.54) is 0 Å². The Morgan fingerprint density at radius 1 is 1.38 bits per heavy atom. The highest BCUT2D eigenvalue weighted by Crippen LogP contribution is 2.01. The highest BCUT2D eigenvalue weighted by atomic mass is 35.5. The van der Waals surface area contributed by atoms with Crippen LogP contribution in [0.4, 0.5) is 0 Å². The third-order valence-electron chi connectivity index (χ3n) is 2.05. The number of amides is 1. The van der Waals surface area contributed by atoms with Crippen LogP contribution in [0.15, 0.2) is 30.3 Å². The number of carbonyl (C=O) groups excluding carboxylic acids is 1. The van der Waals surface area contributed by atoms with Gasteiger partial charge in [-0.1, -0.05) is 30.3 Å². The van der Waals surface area contributed by atoms with Gasteiger partial charge in [-0.15, -0.1) is 12.4 Å². The van der Waals surface area contributed by atoms with E-state index in [0.29, 0.717) is 6.42 Å². The van der Waals surface area contributed by atoms with E-state index in [4.69, 9.17) is 10.8 Å². The summed E-state index contributed by atoms with van der Waals surface area (Å²) in [5.41, 5.74) is 6.73. The van der Waals surface area contributed by atoms with Gasteiger partial charge in [0, 0.05) is 6.54 Å². The molecule has 0 aromatic heterocycles. The number of nitrogens with two attached hydrogens (primary N) is 1. The van der Waals surface area contributed by atoms with E-state index >= 15 is 0 Å². The van der Waals surface area contributed by atoms with E-state index < -0.39 is 6.04 Å². The highest BCUT2D eigenvalue weighted by Gasteiger charge is 2.12. The molecule has 0 spiro atoms. The summed E-state index contributed by atoms with van der Waals surface area (Å²) in [7, 11) is 0. The lowest BCUT2D eigenvalue weighted by molar-refractivity contribution is -0.122. The van der Waals surface area contributed by atoms with Gasteiger partial charge in [0.1, 0.15) is 0 Å². The number of hydrogen-bond acceptors (Lipinski definition) is 3. The fourth-order valence-electron chi connectivity index (χ4n) is 1.27. The van der Waals surface area contributed by atoms with Gasteiger partial charge in [0.25, 0.3) is 0 Å². The van der Waals surface area contributed by atoms with Crippen LogP contribution in [0.5, 0.6) is 0 Å². The number of hydrogen-bond donors (Lipinski definition) is 3. The molecule has 4 N–H and O–H groups in total. The van der Waals surface area contributed by atoms with E-state index in [2.05, 4.69) is 5.32 Å². The molecule has 90 valence electrons. The fourth-order valence-corrected chi connectivity index (χ4v) is 1.27. The number of aliphatic hydroxyl groups excluding tert-OH is 1. The summed E-state index contributed by atoms with van der Waals surface area (Å²) >= 11 is 0. The molecular formula is C11H17ClN2O2. The van der Waals surface area contributed by atoms with Crippen molar-refractivity contribution in [2.24, 2.45) is 5.73 Å². The maximum atomic E-state index is 11.4. The molecule has 0 fully saturated rings. The van der Waals surface area contributed by atoms with Gasteiger partial charge in [-0.05, 0) is 12.0 Å². The molecule has 0 radical (unpaired) electrons. The van der Waals surface area contributed by atoms with Crippen molar-refractivity contribution >= 4 is 18.3 Å². The molecule has 0 saturated carbocycles. The lowest BCUT2D eigenvalue weighted by Crippen LogP contribution is -2.42. The minimum Gasteiger partial charge on any atom is -0.395 e. The number of benzene rings is 1. The Bertz CT molecular complexity index is 306. The predicted molar refractivity (Wildman–Crippen MR) is 65.5 cm³/mol. The van der Waals surface area contributed by atoms with Gasteiger partial charge in [0.2, 0.25) is 5.91 Å². The molecule has 0 aliphatic heterocycles. The van der Waals surface area contributed by atoms with Crippen molar-refractivity contribution < 1.29 is 9.90 Å². The Balaban J connectivity index is 0.00000225. The molecule has 1 aromatic rings. The first-order valence-corrected chi connectivity index (χ1v) is 4.92. The zero-order valence-electron chi connectivity index (χ0n) is 8.93. The van der Waals surface area contributed by atoms with E-state index in [0.717, 1.165) is 5.56 Å². The van der Waals surface area contributed by atoms with Crippen molar-refractivity contribution in [3.63, 3.8) is 0 Å². The van der Waals surface area contributed by atoms with Crippen molar-refractivity contribution in [2.45, 2.75) is 12.5 Å². The zero-order chi connectivity index (χ0) is 11.1. The Morgan fingerprint density at radius 2 is 2.00 bits per heavy atom. The quantitative estimate of drug-likeness (QED) is 0.687. The molecule has 0 saturated heterocycles. The molecular weight excluding hydrogens is 228 g/mol. The molecule has 1 atom stereocenters. The van der Waals surface area contributed by atoms with Crippen LogP contribution in [-0.4, -0.2) is 30.2 Å². The van der Waals surface area contributed by atoms with E-state index in [1.54, 1.807) is 0 Å². The second-order valence-corrected chi connectivity index (χ2v) is 3.31. The van der Waals surface area contributed by atoms with Crippen LogP contribution in [0.1, 0.15) is 5.56 Å². The van der Waals surface area contributed by atoms with Crippen molar-refractivity contribution in [3.8, 4) is 0 Å². The molecule has 1 rings (SSSR count). The maximum Gasteiger partial charge on any atom is 0.237 e. The third kappa shape index (κ3) is 5.11. The second-order valence-electron chi connectivity index (χ2n) is 3.31. The van der Waals surface area contributed by atoms with Gasteiger partial charge in [0.05, 0.1) is 12.6 Å². The third-order valence-corrected chi connectivity index (χ3v) is 2.05. The monoisotopic (exact) mass is 244 g/mol. The topological polar surface area (TPSA) is 75.4 Å². The predicted octanol–water partition coefficient (Wildman–Crippen LogP) is 0.0867. The molecule has 0 aliphatic carbocycles. The van der Waals surface area contributed by atoms with Gasteiger partial charge < -0.3 is 16.2 Å². The van der Waals surface area contributed by atoms with Gasteiger partial charge in [-0.25, -0.2) is 0 Å². The molecule has 16 heavy (non-hydrogen) atoms. The van der Waals surface area contributed by atoms with Gasteiger partial charge in [0.15, 0.2) is 0 Å². The number of halogens is 1. The standard InChI is InChI=1S/C11H16N2O2.ClH/c12-10(11(15)13-6-7-14)8-9-4-2-1-3-5-9;/h1-5,10,14H,6-8,12H2,(H,13,15);1H. The SMILES string of the molecule is Cl.NC(Cc1ccccc1)C(=O)NCCO. The number of nitrogens with one attached hydrogen (secondary N) is 1. The molecule has 1 unspecified atom stereocenters. The summed E-state index contributed by atoms with van der Waals surface area (Å²) < 4.78 is 0. The molecule has 5 heteroatoms. The van der Waals surface area contributed by atoms with Crippen LogP contribution in [0.3, 0.4) is 0 Å². The minimum absolute atomic E-state index is 0. The average molecular weight is 245 g/mol. The second kappa shape index (κ2) is 8.10. The summed E-state index contributed by atoms with van der Waals surface area (Å²) in [4.78, 5) is 11.4. The first kappa shape index (κ1) is 14.9. The molecule has 4 nitrogen and oxygen atoms in total. The van der Waals surface area contributed by atoms with Crippen LogP contribution in [-0.2, 0) is 11.2 Å². The Morgan fingerprint density at radius 3 is 2.56 bits per heavy atom. The van der Waals surface area contributed by atoms with Crippen molar-refractivity contribution in [2.75, 3.05) is 13.2 Å². The largest absolute Gasteiger partial charge is 0.395 e. The minimum atomic E-state index is -0.557. The van der Waals surface area contributed by atoms with Crippen molar-refractivity contribution in [1.29, 1.82) is 0 Å². The van der Waals surface area contributed by atoms with Gasteiger partial charge in [-0.3, -0.25) is 4.79 Å². The van der Waals surface area contributed by atoms with Crippen LogP contribution < -0.4 is 11.1 Å². The average Bonchev–Trinajstić information content (AvgIpc) is 2.27. The van der Waals surface area contributed by atoms with Gasteiger partial charge >= 0.3 is 0 Å². The summed E-state index contributed by atoms with van der Waals surface area (Å²) in [5.74, 6) is -0.229. The Hall–Kier alpha value is -1.10. The lowest BCUT2D eigenvalue weighted by Gasteiger charge is -2.11. The summed E-state index contributed by atoms with van der Waals surface area (Å²) in [6, 6.07) is 9.04. The van der Waals surface area contributed by atoms with Crippen LogP contribution >= 0.6 is 12.4 Å². The summed E-state index contributed by atoms with van der Waals surface area (Å²) in [6.07, 6.45) is 0.512. The number of rotatable bonds is 5. The molecule has 1 aromatic carbocycles. The van der Waals surface area contributed by atoms with Crippen molar-refractivity contribution in [3.05, 3.63) is 35.9 Å². The zero-order valence-corrected chi connectivity index (χ0v) is 9.74. The first-order valence-electron chi connectivity index (χ1n) is 4.92. The molecule has 0 heterocycles. The lowest BCUT2D eigenvalue weighted by atomic mass is 10.1.